The average Bonchev–Trinajstić information content (AvgIpc) is 3.14. The Morgan fingerprint density at radius 2 is 2.00 bits per heavy atom. The van der Waals surface area contributed by atoms with Crippen molar-refractivity contribution in [2.75, 3.05) is 25.0 Å². The zero-order valence-corrected chi connectivity index (χ0v) is 14.9. The van der Waals surface area contributed by atoms with Gasteiger partial charge in [0.2, 0.25) is 10.0 Å². The van der Waals surface area contributed by atoms with Crippen molar-refractivity contribution in [3.8, 4) is 0 Å². The van der Waals surface area contributed by atoms with Crippen LogP contribution in [0.1, 0.15) is 26.2 Å². The van der Waals surface area contributed by atoms with Gasteiger partial charge in [-0.3, -0.25) is 4.79 Å². The summed E-state index contributed by atoms with van der Waals surface area (Å²) in [4.78, 5) is 23.3. The molecule has 0 spiro atoms. The summed E-state index contributed by atoms with van der Waals surface area (Å²) >= 11 is 0. The third-order valence-corrected chi connectivity index (χ3v) is 5.55. The summed E-state index contributed by atoms with van der Waals surface area (Å²) in [5.41, 5.74) is 0.338. The van der Waals surface area contributed by atoms with Gasteiger partial charge in [0, 0.05) is 24.9 Å². The van der Waals surface area contributed by atoms with Crippen molar-refractivity contribution in [3.63, 3.8) is 0 Å². The third-order valence-electron chi connectivity index (χ3n) is 3.66. The van der Waals surface area contributed by atoms with Gasteiger partial charge in [0.15, 0.2) is 6.61 Å². The van der Waals surface area contributed by atoms with E-state index in [-0.39, 0.29) is 4.90 Å². The first kappa shape index (κ1) is 19.1. The standard InChI is InChI=1S/C17H22N2O5S/c1-2-3-9-17(21)24-13-16(20)18-14-7-6-8-15(12-14)25(22,23)19-10-4-5-11-19/h3,6-9,12H,2,4-5,10-11,13H2,1H3,(H,18,20)/b9-3+. The Morgan fingerprint density at radius 1 is 1.28 bits per heavy atom. The Morgan fingerprint density at radius 3 is 2.68 bits per heavy atom. The number of ether oxygens (including phenoxy) is 1. The average molecular weight is 366 g/mol. The molecule has 1 aromatic rings. The number of carbonyl (C=O) groups excluding carboxylic acids is 2. The van der Waals surface area contributed by atoms with Gasteiger partial charge in [0.1, 0.15) is 0 Å². The molecule has 25 heavy (non-hydrogen) atoms. The lowest BCUT2D eigenvalue weighted by atomic mass is 10.3. The Labute approximate surface area is 147 Å². The van der Waals surface area contributed by atoms with Crippen LogP contribution in [0.15, 0.2) is 41.3 Å². The molecule has 1 N–H and O–H groups in total. The number of sulfonamides is 1. The zero-order valence-electron chi connectivity index (χ0n) is 14.1. The molecule has 1 fully saturated rings. The second-order valence-electron chi connectivity index (χ2n) is 5.61. The molecular formula is C17H22N2O5S. The number of hydrogen-bond donors (Lipinski definition) is 1. The summed E-state index contributed by atoms with van der Waals surface area (Å²) in [6.45, 7) is 2.47. The van der Waals surface area contributed by atoms with Crippen LogP contribution in [0.25, 0.3) is 0 Å². The van der Waals surface area contributed by atoms with Crippen LogP contribution in [-0.2, 0) is 24.3 Å². The van der Waals surface area contributed by atoms with Crippen molar-refractivity contribution in [2.24, 2.45) is 0 Å². The molecule has 2 rings (SSSR count). The molecule has 1 aliphatic rings. The lowest BCUT2D eigenvalue weighted by Crippen LogP contribution is -2.28. The maximum absolute atomic E-state index is 12.5. The van der Waals surface area contributed by atoms with Crippen molar-refractivity contribution >= 4 is 27.6 Å². The molecule has 0 saturated carbocycles. The minimum atomic E-state index is -3.55. The summed E-state index contributed by atoms with van der Waals surface area (Å²) in [5, 5.41) is 2.53. The fraction of sp³-hybridized carbons (Fsp3) is 0.412. The van der Waals surface area contributed by atoms with Crippen LogP contribution in [-0.4, -0.2) is 44.3 Å². The molecule has 0 aromatic heterocycles. The minimum absolute atomic E-state index is 0.134. The van der Waals surface area contributed by atoms with E-state index in [1.165, 1.54) is 22.5 Å². The van der Waals surface area contributed by atoms with Crippen molar-refractivity contribution in [1.29, 1.82) is 0 Å². The maximum atomic E-state index is 12.5. The number of anilines is 1. The third kappa shape index (κ3) is 5.40. The first-order chi connectivity index (χ1) is 11.9. The van der Waals surface area contributed by atoms with E-state index in [2.05, 4.69) is 5.32 Å². The van der Waals surface area contributed by atoms with Gasteiger partial charge in [-0.15, -0.1) is 0 Å². The molecule has 0 atom stereocenters. The normalized spacial score (nSPS) is 15.4. The van der Waals surface area contributed by atoms with Crippen LogP contribution >= 0.6 is 0 Å². The molecule has 0 bridgehead atoms. The van der Waals surface area contributed by atoms with Crippen molar-refractivity contribution in [1.82, 2.24) is 4.31 Å². The highest BCUT2D eigenvalue weighted by molar-refractivity contribution is 7.89. The topological polar surface area (TPSA) is 92.8 Å². The van der Waals surface area contributed by atoms with E-state index in [4.69, 9.17) is 4.74 Å². The zero-order chi connectivity index (χ0) is 18.3. The van der Waals surface area contributed by atoms with Crippen molar-refractivity contribution < 1.29 is 22.7 Å². The molecule has 1 saturated heterocycles. The number of hydrogen-bond acceptors (Lipinski definition) is 5. The largest absolute Gasteiger partial charge is 0.452 e. The molecular weight excluding hydrogens is 344 g/mol. The molecule has 7 nitrogen and oxygen atoms in total. The first-order valence-electron chi connectivity index (χ1n) is 8.17. The molecule has 1 aromatic carbocycles. The fourth-order valence-electron chi connectivity index (χ4n) is 2.41. The van der Waals surface area contributed by atoms with Crippen LogP contribution < -0.4 is 5.32 Å². The Kier molecular flexibility index (Phi) is 6.72. The molecule has 8 heteroatoms. The second-order valence-corrected chi connectivity index (χ2v) is 7.54. The van der Waals surface area contributed by atoms with Crippen LogP contribution in [0.5, 0.6) is 0 Å². The van der Waals surface area contributed by atoms with Crippen LogP contribution in [0.4, 0.5) is 5.69 Å². The Hall–Kier alpha value is -2.19. The summed E-state index contributed by atoms with van der Waals surface area (Å²) in [5.74, 6) is -1.13. The van der Waals surface area contributed by atoms with E-state index >= 15 is 0 Å². The van der Waals surface area contributed by atoms with Gasteiger partial charge in [-0.05, 0) is 37.5 Å². The number of benzene rings is 1. The van der Waals surface area contributed by atoms with E-state index in [0.29, 0.717) is 25.2 Å². The molecule has 1 amide bonds. The second kappa shape index (κ2) is 8.77. The van der Waals surface area contributed by atoms with E-state index < -0.39 is 28.5 Å². The van der Waals surface area contributed by atoms with Crippen LogP contribution in [0.2, 0.25) is 0 Å². The minimum Gasteiger partial charge on any atom is -0.452 e. The predicted octanol–water partition coefficient (Wildman–Crippen LogP) is 1.92. The van der Waals surface area contributed by atoms with Gasteiger partial charge < -0.3 is 10.1 Å². The molecule has 0 aliphatic carbocycles. The number of allylic oxidation sites excluding steroid dienone is 1. The lowest BCUT2D eigenvalue weighted by Gasteiger charge is -2.16. The molecule has 136 valence electrons. The summed E-state index contributed by atoms with van der Waals surface area (Å²) < 4.78 is 31.3. The Balaban J connectivity index is 1.98. The van der Waals surface area contributed by atoms with E-state index in [1.54, 1.807) is 18.2 Å². The number of carbonyl (C=O) groups is 2. The highest BCUT2D eigenvalue weighted by Crippen LogP contribution is 2.23. The quantitative estimate of drug-likeness (QED) is 0.588. The van der Waals surface area contributed by atoms with Gasteiger partial charge >= 0.3 is 5.97 Å². The van der Waals surface area contributed by atoms with Crippen molar-refractivity contribution in [3.05, 3.63) is 36.4 Å². The SMILES string of the molecule is CC/C=C/C(=O)OCC(=O)Nc1cccc(S(=O)(=O)N2CCCC2)c1. The first-order valence-corrected chi connectivity index (χ1v) is 9.61. The van der Waals surface area contributed by atoms with E-state index in [9.17, 15) is 18.0 Å². The number of nitrogens with zero attached hydrogens (tertiary/aromatic N) is 1. The van der Waals surface area contributed by atoms with Gasteiger partial charge in [-0.25, -0.2) is 13.2 Å². The van der Waals surface area contributed by atoms with Crippen molar-refractivity contribution in [2.45, 2.75) is 31.1 Å². The van der Waals surface area contributed by atoms with Crippen LogP contribution in [0.3, 0.4) is 0 Å². The summed E-state index contributed by atoms with van der Waals surface area (Å²) in [6, 6.07) is 6.05. The smallest absolute Gasteiger partial charge is 0.330 e. The predicted molar refractivity (Wildman–Crippen MR) is 93.5 cm³/mol. The Bertz CT molecular complexity index is 752. The molecule has 0 radical (unpaired) electrons. The molecule has 0 unspecified atom stereocenters. The molecule has 1 heterocycles. The van der Waals surface area contributed by atoms with Gasteiger partial charge in [0.05, 0.1) is 4.90 Å². The highest BCUT2D eigenvalue weighted by atomic mass is 32.2. The molecule has 1 aliphatic heterocycles. The van der Waals surface area contributed by atoms with E-state index in [0.717, 1.165) is 12.8 Å². The highest BCUT2D eigenvalue weighted by Gasteiger charge is 2.27. The number of amides is 1. The maximum Gasteiger partial charge on any atom is 0.330 e. The number of rotatable bonds is 7. The summed E-state index contributed by atoms with van der Waals surface area (Å²) in [7, 11) is -3.55. The number of nitrogens with one attached hydrogen (secondary N) is 1. The summed E-state index contributed by atoms with van der Waals surface area (Å²) in [6.07, 6.45) is 5.30. The van der Waals surface area contributed by atoms with Gasteiger partial charge in [-0.1, -0.05) is 19.1 Å². The number of esters is 1. The van der Waals surface area contributed by atoms with E-state index in [1.807, 2.05) is 6.92 Å². The fourth-order valence-corrected chi connectivity index (χ4v) is 3.97. The van der Waals surface area contributed by atoms with Crippen LogP contribution in [0, 0.1) is 0 Å². The monoisotopic (exact) mass is 366 g/mol. The van der Waals surface area contributed by atoms with Gasteiger partial charge in [-0.2, -0.15) is 4.31 Å². The lowest BCUT2D eigenvalue weighted by molar-refractivity contribution is -0.142. The van der Waals surface area contributed by atoms with Gasteiger partial charge in [0.25, 0.3) is 5.91 Å².